The summed E-state index contributed by atoms with van der Waals surface area (Å²) >= 11 is 5.04. The van der Waals surface area contributed by atoms with Crippen LogP contribution in [-0.2, 0) is 0 Å². The number of rotatable bonds is 4. The second-order valence-electron chi connectivity index (χ2n) is 5.60. The molecule has 4 nitrogen and oxygen atoms in total. The van der Waals surface area contributed by atoms with E-state index >= 15 is 0 Å². The largest absolute Gasteiger partial charge is 0.467 e. The number of furan rings is 1. The lowest BCUT2D eigenvalue weighted by Gasteiger charge is -2.18. The van der Waals surface area contributed by atoms with Crippen molar-refractivity contribution in [2.45, 2.75) is 12.5 Å². The zero-order chi connectivity index (χ0) is 16.6. The summed E-state index contributed by atoms with van der Waals surface area (Å²) in [6, 6.07) is 12.3. The predicted molar refractivity (Wildman–Crippen MR) is 105 cm³/mol. The van der Waals surface area contributed by atoms with Crippen molar-refractivity contribution in [1.29, 1.82) is 0 Å². The van der Waals surface area contributed by atoms with Gasteiger partial charge in [0.05, 0.1) is 27.4 Å². The Bertz CT molecular complexity index is 985. The molecule has 5 rings (SSSR count). The fraction of sp³-hybridized carbons (Fsp3) is 0.111. The Morgan fingerprint density at radius 2 is 1.84 bits per heavy atom. The van der Waals surface area contributed by atoms with Gasteiger partial charge in [-0.25, -0.2) is 9.99 Å². The summed E-state index contributed by atoms with van der Waals surface area (Å²) in [6.07, 6.45) is 2.54. The lowest BCUT2D eigenvalue weighted by Crippen LogP contribution is -2.17. The average molecular weight is 384 g/mol. The van der Waals surface area contributed by atoms with Crippen LogP contribution in [0, 0.1) is 0 Å². The SMILES string of the molecule is c1coc(C2CC(c3cccs3)=NN2c2nc(-c3cccs3)cs2)c1. The van der Waals surface area contributed by atoms with Crippen LogP contribution in [0.15, 0.2) is 68.3 Å². The highest BCUT2D eigenvalue weighted by Crippen LogP contribution is 2.40. The molecule has 1 aliphatic rings. The predicted octanol–water partition coefficient (Wildman–Crippen LogP) is 5.88. The molecule has 124 valence electrons. The van der Waals surface area contributed by atoms with Crippen molar-refractivity contribution >= 4 is 44.9 Å². The Kier molecular flexibility index (Phi) is 3.77. The van der Waals surface area contributed by atoms with E-state index in [1.807, 2.05) is 23.2 Å². The van der Waals surface area contributed by atoms with Crippen molar-refractivity contribution in [1.82, 2.24) is 4.98 Å². The number of hydrazone groups is 1. The van der Waals surface area contributed by atoms with E-state index in [2.05, 4.69) is 34.3 Å². The molecule has 0 N–H and O–H groups in total. The molecule has 0 aliphatic carbocycles. The van der Waals surface area contributed by atoms with Gasteiger partial charge in [-0.15, -0.1) is 34.0 Å². The summed E-state index contributed by atoms with van der Waals surface area (Å²) in [4.78, 5) is 7.20. The number of nitrogens with zero attached hydrogens (tertiary/aromatic N) is 3. The van der Waals surface area contributed by atoms with Crippen LogP contribution in [0.1, 0.15) is 23.1 Å². The van der Waals surface area contributed by atoms with Gasteiger partial charge in [-0.1, -0.05) is 12.1 Å². The van der Waals surface area contributed by atoms with E-state index in [-0.39, 0.29) is 6.04 Å². The second kappa shape index (κ2) is 6.25. The highest BCUT2D eigenvalue weighted by Gasteiger charge is 2.33. The summed E-state index contributed by atoms with van der Waals surface area (Å²) < 4.78 is 5.68. The number of thiophene rings is 2. The van der Waals surface area contributed by atoms with Crippen LogP contribution < -0.4 is 5.01 Å². The van der Waals surface area contributed by atoms with Crippen LogP contribution in [0.3, 0.4) is 0 Å². The molecule has 0 spiro atoms. The summed E-state index contributed by atoms with van der Waals surface area (Å²) in [5, 5.41) is 14.0. The maximum absolute atomic E-state index is 5.68. The summed E-state index contributed by atoms with van der Waals surface area (Å²) in [7, 11) is 0. The van der Waals surface area contributed by atoms with Gasteiger partial charge in [-0.2, -0.15) is 5.10 Å². The minimum atomic E-state index is 0.0504. The first kappa shape index (κ1) is 15.1. The van der Waals surface area contributed by atoms with Crippen molar-refractivity contribution in [2.75, 3.05) is 5.01 Å². The maximum atomic E-state index is 5.68. The van der Waals surface area contributed by atoms with E-state index in [4.69, 9.17) is 14.5 Å². The third-order valence-electron chi connectivity index (χ3n) is 4.05. The first-order chi connectivity index (χ1) is 12.4. The van der Waals surface area contributed by atoms with E-state index in [0.29, 0.717) is 0 Å². The fourth-order valence-corrected chi connectivity index (χ4v) is 5.19. The highest BCUT2D eigenvalue weighted by atomic mass is 32.1. The molecule has 0 aromatic carbocycles. The third kappa shape index (κ3) is 2.74. The van der Waals surface area contributed by atoms with Crippen molar-refractivity contribution in [2.24, 2.45) is 5.10 Å². The van der Waals surface area contributed by atoms with Crippen LogP contribution in [0.5, 0.6) is 0 Å². The zero-order valence-corrected chi connectivity index (χ0v) is 15.5. The maximum Gasteiger partial charge on any atom is 0.207 e. The average Bonchev–Trinajstić information content (AvgIpc) is 3.48. The third-order valence-corrected chi connectivity index (χ3v) is 6.69. The van der Waals surface area contributed by atoms with E-state index in [0.717, 1.165) is 28.7 Å². The molecule has 4 aromatic rings. The van der Waals surface area contributed by atoms with Crippen LogP contribution in [0.2, 0.25) is 0 Å². The van der Waals surface area contributed by atoms with Gasteiger partial charge in [0.25, 0.3) is 0 Å². The van der Waals surface area contributed by atoms with Crippen molar-refractivity contribution in [3.63, 3.8) is 0 Å². The molecule has 1 atom stereocenters. The van der Waals surface area contributed by atoms with Crippen molar-refractivity contribution in [3.05, 3.63) is 69.4 Å². The van der Waals surface area contributed by atoms with Gasteiger partial charge in [0, 0.05) is 11.8 Å². The Balaban J connectivity index is 1.54. The number of aromatic nitrogens is 1. The minimum absolute atomic E-state index is 0.0504. The van der Waals surface area contributed by atoms with Gasteiger partial charge < -0.3 is 4.42 Å². The number of thiazole rings is 1. The zero-order valence-electron chi connectivity index (χ0n) is 13.0. The number of anilines is 1. The highest BCUT2D eigenvalue weighted by molar-refractivity contribution is 7.16. The quantitative estimate of drug-likeness (QED) is 0.442. The molecule has 0 fully saturated rings. The Labute approximate surface area is 156 Å². The van der Waals surface area contributed by atoms with Crippen LogP contribution in [0.25, 0.3) is 10.6 Å². The van der Waals surface area contributed by atoms with E-state index in [1.54, 1.807) is 40.3 Å². The number of hydrogen-bond acceptors (Lipinski definition) is 7. The summed E-state index contributed by atoms with van der Waals surface area (Å²) in [6.45, 7) is 0. The molecule has 0 amide bonds. The van der Waals surface area contributed by atoms with Crippen LogP contribution in [-0.4, -0.2) is 10.7 Å². The molecule has 0 saturated carbocycles. The fourth-order valence-electron chi connectivity index (χ4n) is 2.89. The van der Waals surface area contributed by atoms with Crippen molar-refractivity contribution < 1.29 is 4.42 Å². The topological polar surface area (TPSA) is 41.6 Å². The minimum Gasteiger partial charge on any atom is -0.467 e. The smallest absolute Gasteiger partial charge is 0.207 e. The Morgan fingerprint density at radius 1 is 1.00 bits per heavy atom. The molecule has 0 radical (unpaired) electrons. The standard InChI is InChI=1S/C18H13N3OS3/c1-4-15(22-7-1)14-10-12(16-5-2-8-23-16)20-21(14)18-19-13(11-25-18)17-6-3-9-24-17/h1-9,11,14H,10H2. The van der Waals surface area contributed by atoms with E-state index in [1.165, 1.54) is 9.75 Å². The van der Waals surface area contributed by atoms with Crippen molar-refractivity contribution in [3.8, 4) is 10.6 Å². The van der Waals surface area contributed by atoms with Gasteiger partial charge in [-0.05, 0) is 35.0 Å². The monoisotopic (exact) mass is 383 g/mol. The normalized spacial score (nSPS) is 17.2. The molecule has 7 heteroatoms. The molecule has 25 heavy (non-hydrogen) atoms. The van der Waals surface area contributed by atoms with Gasteiger partial charge in [-0.3, -0.25) is 0 Å². The van der Waals surface area contributed by atoms with E-state index < -0.39 is 0 Å². The van der Waals surface area contributed by atoms with Gasteiger partial charge in [0.1, 0.15) is 11.8 Å². The molecular weight excluding hydrogens is 370 g/mol. The molecule has 5 heterocycles. The summed E-state index contributed by atoms with van der Waals surface area (Å²) in [5.74, 6) is 0.920. The first-order valence-corrected chi connectivity index (χ1v) is 10.5. The number of hydrogen-bond donors (Lipinski definition) is 0. The Hall–Kier alpha value is -2.22. The van der Waals surface area contributed by atoms with Crippen LogP contribution in [0.4, 0.5) is 5.13 Å². The lowest BCUT2D eigenvalue weighted by atomic mass is 10.1. The molecule has 1 unspecified atom stereocenters. The Morgan fingerprint density at radius 3 is 2.56 bits per heavy atom. The second-order valence-corrected chi connectivity index (χ2v) is 8.33. The van der Waals surface area contributed by atoms with Gasteiger partial charge in [0.2, 0.25) is 5.13 Å². The lowest BCUT2D eigenvalue weighted by molar-refractivity contribution is 0.465. The molecule has 0 saturated heterocycles. The van der Waals surface area contributed by atoms with Gasteiger partial charge >= 0.3 is 0 Å². The summed E-state index contributed by atoms with van der Waals surface area (Å²) in [5.41, 5.74) is 2.09. The van der Waals surface area contributed by atoms with E-state index in [9.17, 15) is 0 Å². The molecular formula is C18H13N3OS3. The van der Waals surface area contributed by atoms with Gasteiger partial charge in [0.15, 0.2) is 0 Å². The first-order valence-electron chi connectivity index (χ1n) is 7.82. The molecule has 1 aliphatic heterocycles. The van der Waals surface area contributed by atoms with Crippen LogP contribution >= 0.6 is 34.0 Å². The molecule has 0 bridgehead atoms. The molecule has 4 aromatic heterocycles.